The molecule has 2 aromatic carbocycles. The highest BCUT2D eigenvalue weighted by atomic mass is 16.5. The van der Waals surface area contributed by atoms with E-state index in [1.807, 2.05) is 62.4 Å². The van der Waals surface area contributed by atoms with Gasteiger partial charge in [0.1, 0.15) is 18.1 Å². The van der Waals surface area contributed by atoms with Gasteiger partial charge >= 0.3 is 5.97 Å². The Balaban J connectivity index is 1.88. The molecule has 1 aromatic heterocycles. The lowest BCUT2D eigenvalue weighted by atomic mass is 10.1. The summed E-state index contributed by atoms with van der Waals surface area (Å²) in [5, 5.41) is 1.01. The average molecular weight is 323 g/mol. The molecule has 0 aliphatic carbocycles. The molecule has 0 aliphatic rings. The van der Waals surface area contributed by atoms with E-state index in [1.54, 1.807) is 0 Å². The standard InChI is InChI=1S/C20H21NO3/c1-3-16-17-12-15(24-13-14-8-6-5-7-9-14)10-11-18(17)21-19(16)20(22)23-4-2/h5-12,21H,3-4,13H2,1-2H3. The van der Waals surface area contributed by atoms with Crippen LogP contribution in [-0.4, -0.2) is 17.6 Å². The van der Waals surface area contributed by atoms with Gasteiger partial charge in [0.25, 0.3) is 0 Å². The van der Waals surface area contributed by atoms with Crippen LogP contribution in [-0.2, 0) is 17.8 Å². The molecule has 0 unspecified atom stereocenters. The second kappa shape index (κ2) is 7.21. The van der Waals surface area contributed by atoms with Crippen LogP contribution in [0.25, 0.3) is 10.9 Å². The highest BCUT2D eigenvalue weighted by Crippen LogP contribution is 2.28. The molecule has 0 atom stereocenters. The smallest absolute Gasteiger partial charge is 0.355 e. The fourth-order valence-corrected chi connectivity index (χ4v) is 2.80. The molecule has 4 nitrogen and oxygen atoms in total. The number of rotatable bonds is 6. The molecule has 0 bridgehead atoms. The lowest BCUT2D eigenvalue weighted by Gasteiger charge is -2.07. The first-order valence-electron chi connectivity index (χ1n) is 8.21. The van der Waals surface area contributed by atoms with Gasteiger partial charge in [-0.1, -0.05) is 37.3 Å². The van der Waals surface area contributed by atoms with Gasteiger partial charge in [-0.2, -0.15) is 0 Å². The molecule has 3 rings (SSSR count). The molecule has 124 valence electrons. The zero-order chi connectivity index (χ0) is 16.9. The van der Waals surface area contributed by atoms with Gasteiger partial charge in [-0.25, -0.2) is 4.79 Å². The molecule has 0 saturated heterocycles. The number of aromatic nitrogens is 1. The molecule has 1 N–H and O–H groups in total. The van der Waals surface area contributed by atoms with Crippen molar-refractivity contribution in [3.8, 4) is 5.75 Å². The molecule has 3 aromatic rings. The van der Waals surface area contributed by atoms with Crippen molar-refractivity contribution in [1.82, 2.24) is 4.98 Å². The van der Waals surface area contributed by atoms with Crippen molar-refractivity contribution in [2.45, 2.75) is 26.9 Å². The molecule has 0 radical (unpaired) electrons. The van der Waals surface area contributed by atoms with Crippen LogP contribution in [0.1, 0.15) is 35.5 Å². The van der Waals surface area contributed by atoms with Crippen LogP contribution in [0.2, 0.25) is 0 Å². The number of ether oxygens (including phenoxy) is 2. The summed E-state index contributed by atoms with van der Waals surface area (Å²) in [6.45, 7) is 4.72. The van der Waals surface area contributed by atoms with E-state index in [2.05, 4.69) is 4.98 Å². The summed E-state index contributed by atoms with van der Waals surface area (Å²) < 4.78 is 11.0. The van der Waals surface area contributed by atoms with E-state index in [1.165, 1.54) is 0 Å². The zero-order valence-electron chi connectivity index (χ0n) is 14.0. The third-order valence-corrected chi connectivity index (χ3v) is 3.96. The van der Waals surface area contributed by atoms with E-state index in [4.69, 9.17) is 9.47 Å². The fraction of sp³-hybridized carbons (Fsp3) is 0.250. The Labute approximate surface area is 141 Å². The van der Waals surface area contributed by atoms with E-state index < -0.39 is 0 Å². The highest BCUT2D eigenvalue weighted by Gasteiger charge is 2.17. The van der Waals surface area contributed by atoms with Crippen LogP contribution in [0, 0.1) is 0 Å². The first-order valence-corrected chi connectivity index (χ1v) is 8.21. The van der Waals surface area contributed by atoms with Gasteiger partial charge in [0, 0.05) is 10.9 Å². The van der Waals surface area contributed by atoms with Crippen LogP contribution in [0.3, 0.4) is 0 Å². The maximum atomic E-state index is 12.1. The van der Waals surface area contributed by atoms with Crippen molar-refractivity contribution < 1.29 is 14.3 Å². The van der Waals surface area contributed by atoms with Gasteiger partial charge in [0.05, 0.1) is 6.61 Å². The number of fused-ring (bicyclic) bond motifs is 1. The van der Waals surface area contributed by atoms with Crippen molar-refractivity contribution in [2.75, 3.05) is 6.61 Å². The van der Waals surface area contributed by atoms with E-state index in [0.29, 0.717) is 18.9 Å². The Hall–Kier alpha value is -2.75. The maximum Gasteiger partial charge on any atom is 0.355 e. The lowest BCUT2D eigenvalue weighted by Crippen LogP contribution is -2.07. The second-order valence-corrected chi connectivity index (χ2v) is 5.53. The largest absolute Gasteiger partial charge is 0.489 e. The third-order valence-electron chi connectivity index (χ3n) is 3.96. The van der Waals surface area contributed by atoms with Gasteiger partial charge in [-0.05, 0) is 42.7 Å². The average Bonchev–Trinajstić information content (AvgIpc) is 2.99. The Bertz CT molecular complexity index is 837. The molecule has 0 saturated carbocycles. The summed E-state index contributed by atoms with van der Waals surface area (Å²) in [6.07, 6.45) is 0.746. The van der Waals surface area contributed by atoms with Crippen LogP contribution in [0.4, 0.5) is 0 Å². The van der Waals surface area contributed by atoms with E-state index in [9.17, 15) is 4.79 Å². The predicted octanol–water partition coefficient (Wildman–Crippen LogP) is 4.49. The van der Waals surface area contributed by atoms with Crippen molar-refractivity contribution >= 4 is 16.9 Å². The van der Waals surface area contributed by atoms with Gasteiger partial charge in [0.15, 0.2) is 0 Å². The number of aromatic amines is 1. The van der Waals surface area contributed by atoms with Crippen LogP contribution >= 0.6 is 0 Å². The maximum absolute atomic E-state index is 12.1. The van der Waals surface area contributed by atoms with E-state index in [0.717, 1.165) is 34.2 Å². The number of H-pyrrole nitrogens is 1. The molecule has 0 amide bonds. The number of carbonyl (C=O) groups excluding carboxylic acids is 1. The molecular formula is C20H21NO3. The van der Waals surface area contributed by atoms with E-state index >= 15 is 0 Å². The van der Waals surface area contributed by atoms with Crippen LogP contribution in [0.15, 0.2) is 48.5 Å². The SMILES string of the molecule is CCOC(=O)c1[nH]c2ccc(OCc3ccccc3)cc2c1CC. The molecule has 0 fully saturated rings. The van der Waals surface area contributed by atoms with Crippen molar-refractivity contribution in [1.29, 1.82) is 0 Å². The zero-order valence-corrected chi connectivity index (χ0v) is 14.0. The molecule has 0 aliphatic heterocycles. The normalized spacial score (nSPS) is 10.8. The Morgan fingerprint density at radius 1 is 1.08 bits per heavy atom. The number of aryl methyl sites for hydroxylation is 1. The second-order valence-electron chi connectivity index (χ2n) is 5.53. The van der Waals surface area contributed by atoms with Crippen molar-refractivity contribution in [3.05, 3.63) is 65.4 Å². The summed E-state index contributed by atoms with van der Waals surface area (Å²) in [5.74, 6) is 0.479. The van der Waals surface area contributed by atoms with Crippen molar-refractivity contribution in [3.63, 3.8) is 0 Å². The number of esters is 1. The fourth-order valence-electron chi connectivity index (χ4n) is 2.80. The van der Waals surface area contributed by atoms with Gasteiger partial charge in [-0.3, -0.25) is 0 Å². The third kappa shape index (κ3) is 3.27. The summed E-state index contributed by atoms with van der Waals surface area (Å²) in [6, 6.07) is 15.9. The number of benzene rings is 2. The highest BCUT2D eigenvalue weighted by molar-refractivity contribution is 5.98. The topological polar surface area (TPSA) is 51.3 Å². The molecule has 4 heteroatoms. The minimum Gasteiger partial charge on any atom is -0.489 e. The van der Waals surface area contributed by atoms with Gasteiger partial charge in [0.2, 0.25) is 0 Å². The summed E-state index contributed by atoms with van der Waals surface area (Å²) in [7, 11) is 0. The molecular weight excluding hydrogens is 302 g/mol. The van der Waals surface area contributed by atoms with Crippen LogP contribution in [0.5, 0.6) is 5.75 Å². The minimum atomic E-state index is -0.308. The Kier molecular flexibility index (Phi) is 4.85. The molecule has 0 spiro atoms. The first kappa shape index (κ1) is 16.1. The van der Waals surface area contributed by atoms with Gasteiger partial charge in [-0.15, -0.1) is 0 Å². The predicted molar refractivity (Wildman–Crippen MR) is 94.4 cm³/mol. The van der Waals surface area contributed by atoms with Crippen LogP contribution < -0.4 is 4.74 Å². The monoisotopic (exact) mass is 323 g/mol. The summed E-state index contributed by atoms with van der Waals surface area (Å²) in [5.41, 5.74) is 3.54. The molecule has 24 heavy (non-hydrogen) atoms. The number of hydrogen-bond acceptors (Lipinski definition) is 3. The number of hydrogen-bond donors (Lipinski definition) is 1. The van der Waals surface area contributed by atoms with E-state index in [-0.39, 0.29) is 5.97 Å². The summed E-state index contributed by atoms with van der Waals surface area (Å²) in [4.78, 5) is 15.3. The quantitative estimate of drug-likeness (QED) is 0.680. The number of carbonyl (C=O) groups is 1. The Morgan fingerprint density at radius 2 is 1.88 bits per heavy atom. The minimum absolute atomic E-state index is 0.308. The Morgan fingerprint density at radius 3 is 2.58 bits per heavy atom. The first-order chi connectivity index (χ1) is 11.7. The van der Waals surface area contributed by atoms with Gasteiger partial charge < -0.3 is 14.5 Å². The molecule has 1 heterocycles. The lowest BCUT2D eigenvalue weighted by molar-refractivity contribution is 0.0519. The number of nitrogens with one attached hydrogen (secondary N) is 1. The summed E-state index contributed by atoms with van der Waals surface area (Å²) >= 11 is 0. The van der Waals surface area contributed by atoms with Crippen molar-refractivity contribution in [2.24, 2.45) is 0 Å².